The molecule has 0 aliphatic carbocycles. The van der Waals surface area contributed by atoms with E-state index in [1.54, 1.807) is 0 Å². The van der Waals surface area contributed by atoms with E-state index >= 15 is 0 Å². The fourth-order valence-electron chi connectivity index (χ4n) is 2.73. The lowest BCUT2D eigenvalue weighted by molar-refractivity contribution is 1.09. The minimum Gasteiger partial charge on any atom is -0.256 e. The molecule has 0 aliphatic heterocycles. The zero-order chi connectivity index (χ0) is 15.4. The van der Waals surface area contributed by atoms with Crippen molar-refractivity contribution < 1.29 is 0 Å². The molecule has 0 spiro atoms. The number of hydrogen-bond acceptors (Lipinski definition) is 1. The molecule has 22 heavy (non-hydrogen) atoms. The molecular weight excluding hydrogens is 266 g/mol. The van der Waals surface area contributed by atoms with Crippen molar-refractivity contribution in [2.75, 3.05) is 0 Å². The Morgan fingerprint density at radius 1 is 0.682 bits per heavy atom. The largest absolute Gasteiger partial charge is 0.256 e. The van der Waals surface area contributed by atoms with Gasteiger partial charge in [-0.3, -0.25) is 4.98 Å². The van der Waals surface area contributed by atoms with Gasteiger partial charge in [-0.1, -0.05) is 56.3 Å². The number of hydrogen-bond donors (Lipinski definition) is 0. The van der Waals surface area contributed by atoms with Gasteiger partial charge in [-0.05, 0) is 53.3 Å². The van der Waals surface area contributed by atoms with E-state index in [1.165, 1.54) is 22.3 Å². The third-order valence-electron chi connectivity index (χ3n) is 4.03. The van der Waals surface area contributed by atoms with Crippen LogP contribution in [-0.4, -0.2) is 4.98 Å². The van der Waals surface area contributed by atoms with Crippen LogP contribution in [0.4, 0.5) is 0 Å². The summed E-state index contributed by atoms with van der Waals surface area (Å²) in [6.45, 7) is 4.42. The van der Waals surface area contributed by atoms with Gasteiger partial charge in [0.2, 0.25) is 0 Å². The van der Waals surface area contributed by atoms with Gasteiger partial charge in [-0.2, -0.15) is 0 Å². The average molecular weight is 287 g/mol. The lowest BCUT2D eigenvalue weighted by atomic mass is 9.96. The van der Waals surface area contributed by atoms with Crippen molar-refractivity contribution in [2.24, 2.45) is 0 Å². The molecule has 110 valence electrons. The van der Waals surface area contributed by atoms with Gasteiger partial charge in [0.1, 0.15) is 0 Å². The topological polar surface area (TPSA) is 12.9 Å². The summed E-state index contributed by atoms with van der Waals surface area (Å²) in [5.41, 5.74) is 7.54. The number of nitrogens with zero attached hydrogens (tertiary/aromatic N) is 1. The van der Waals surface area contributed by atoms with Gasteiger partial charge in [0.15, 0.2) is 0 Å². The van der Waals surface area contributed by atoms with Crippen LogP contribution in [0.5, 0.6) is 0 Å². The first-order valence-corrected chi connectivity index (χ1v) is 7.95. The highest BCUT2D eigenvalue weighted by atomic mass is 14.7. The zero-order valence-corrected chi connectivity index (χ0v) is 13.2. The fourth-order valence-corrected chi connectivity index (χ4v) is 2.73. The first kappa shape index (κ1) is 14.5. The van der Waals surface area contributed by atoms with Crippen LogP contribution in [0.3, 0.4) is 0 Å². The Kier molecular flexibility index (Phi) is 4.34. The molecule has 0 saturated heterocycles. The minimum absolute atomic E-state index is 1.02. The van der Waals surface area contributed by atoms with Crippen LogP contribution in [0, 0.1) is 0 Å². The van der Waals surface area contributed by atoms with Gasteiger partial charge < -0.3 is 0 Å². The molecule has 0 fully saturated rings. The van der Waals surface area contributed by atoms with Gasteiger partial charge in [-0.15, -0.1) is 0 Å². The molecule has 0 amide bonds. The predicted octanol–water partition coefficient (Wildman–Crippen LogP) is 5.54. The molecular formula is C21H21N. The highest BCUT2D eigenvalue weighted by Gasteiger charge is 2.05. The van der Waals surface area contributed by atoms with E-state index in [0.29, 0.717) is 0 Å². The molecule has 0 N–H and O–H groups in total. The quantitative estimate of drug-likeness (QED) is 0.614. The number of aryl methyl sites for hydroxylation is 2. The van der Waals surface area contributed by atoms with Gasteiger partial charge in [0.05, 0.1) is 5.69 Å². The number of benzene rings is 2. The molecule has 3 rings (SSSR count). The molecule has 1 heteroatoms. The number of pyridine rings is 1. The summed E-state index contributed by atoms with van der Waals surface area (Å²) in [6.07, 6.45) is 3.98. The summed E-state index contributed by atoms with van der Waals surface area (Å²) in [7, 11) is 0. The second-order valence-electron chi connectivity index (χ2n) is 5.54. The number of rotatable bonds is 4. The van der Waals surface area contributed by atoms with Crippen LogP contribution in [0.25, 0.3) is 22.4 Å². The fraction of sp³-hybridized carbons (Fsp3) is 0.190. The van der Waals surface area contributed by atoms with E-state index in [0.717, 1.165) is 24.1 Å². The molecule has 3 aromatic rings. The van der Waals surface area contributed by atoms with Crippen LogP contribution in [-0.2, 0) is 12.8 Å². The predicted molar refractivity (Wildman–Crippen MR) is 93.9 cm³/mol. The molecule has 0 unspecified atom stereocenters. The minimum atomic E-state index is 1.02. The van der Waals surface area contributed by atoms with Crippen molar-refractivity contribution in [1.82, 2.24) is 4.98 Å². The third-order valence-corrected chi connectivity index (χ3v) is 4.03. The Labute approximate surface area is 132 Å². The van der Waals surface area contributed by atoms with Gasteiger partial charge in [-0.25, -0.2) is 0 Å². The zero-order valence-electron chi connectivity index (χ0n) is 13.2. The van der Waals surface area contributed by atoms with E-state index in [9.17, 15) is 0 Å². The lowest BCUT2D eigenvalue weighted by Crippen LogP contribution is -1.89. The van der Waals surface area contributed by atoms with E-state index in [2.05, 4.69) is 67.4 Å². The van der Waals surface area contributed by atoms with Crippen LogP contribution in [0.15, 0.2) is 66.9 Å². The number of aromatic nitrogens is 1. The van der Waals surface area contributed by atoms with Crippen molar-refractivity contribution in [3.63, 3.8) is 0 Å². The molecule has 0 aliphatic rings. The molecule has 2 aromatic carbocycles. The normalized spacial score (nSPS) is 10.6. The maximum atomic E-state index is 4.45. The Hall–Kier alpha value is -2.41. The van der Waals surface area contributed by atoms with Crippen molar-refractivity contribution >= 4 is 0 Å². The van der Waals surface area contributed by atoms with Crippen molar-refractivity contribution in [3.8, 4) is 22.4 Å². The Bertz CT molecular complexity index is 738. The average Bonchev–Trinajstić information content (AvgIpc) is 2.62. The van der Waals surface area contributed by atoms with Crippen LogP contribution < -0.4 is 0 Å². The van der Waals surface area contributed by atoms with Crippen molar-refractivity contribution in [3.05, 3.63) is 78.0 Å². The summed E-state index contributed by atoms with van der Waals surface area (Å²) in [5, 5.41) is 0. The van der Waals surface area contributed by atoms with E-state index in [1.807, 2.05) is 18.3 Å². The highest BCUT2D eigenvalue weighted by Crippen LogP contribution is 2.27. The molecule has 0 saturated carbocycles. The molecule has 1 heterocycles. The van der Waals surface area contributed by atoms with Crippen LogP contribution in [0.2, 0.25) is 0 Å². The van der Waals surface area contributed by atoms with E-state index in [-0.39, 0.29) is 0 Å². The monoisotopic (exact) mass is 287 g/mol. The van der Waals surface area contributed by atoms with Crippen LogP contribution in [0.1, 0.15) is 25.0 Å². The summed E-state index contributed by atoms with van der Waals surface area (Å²) in [6, 6.07) is 21.6. The SMILES string of the molecule is CCc1cc(CC)cc(-c2cccc(-c3ccccn3)c2)c1. The van der Waals surface area contributed by atoms with Gasteiger partial charge in [0, 0.05) is 11.8 Å². The maximum Gasteiger partial charge on any atom is 0.0702 e. The summed E-state index contributed by atoms with van der Waals surface area (Å²) >= 11 is 0. The van der Waals surface area contributed by atoms with Crippen molar-refractivity contribution in [1.29, 1.82) is 0 Å². The van der Waals surface area contributed by atoms with Crippen LogP contribution >= 0.6 is 0 Å². The Balaban J connectivity index is 2.06. The molecule has 1 aromatic heterocycles. The molecule has 0 radical (unpaired) electrons. The van der Waals surface area contributed by atoms with Crippen molar-refractivity contribution in [2.45, 2.75) is 26.7 Å². The molecule has 1 nitrogen and oxygen atoms in total. The second-order valence-corrected chi connectivity index (χ2v) is 5.54. The third kappa shape index (κ3) is 3.09. The standard InChI is InChI=1S/C21H21N/c1-3-16-12-17(4-2)14-20(13-16)18-8-7-9-19(15-18)21-10-5-6-11-22-21/h5-15H,3-4H2,1-2H3. The second kappa shape index (κ2) is 6.57. The van der Waals surface area contributed by atoms with Gasteiger partial charge >= 0.3 is 0 Å². The Morgan fingerprint density at radius 2 is 1.41 bits per heavy atom. The highest BCUT2D eigenvalue weighted by molar-refractivity contribution is 5.72. The summed E-state index contributed by atoms with van der Waals surface area (Å²) in [5.74, 6) is 0. The summed E-state index contributed by atoms with van der Waals surface area (Å²) in [4.78, 5) is 4.45. The smallest absolute Gasteiger partial charge is 0.0702 e. The maximum absolute atomic E-state index is 4.45. The first-order valence-electron chi connectivity index (χ1n) is 7.95. The lowest BCUT2D eigenvalue weighted by Gasteiger charge is -2.09. The molecule has 0 bridgehead atoms. The van der Waals surface area contributed by atoms with E-state index in [4.69, 9.17) is 0 Å². The molecule has 0 atom stereocenters. The first-order chi connectivity index (χ1) is 10.8. The van der Waals surface area contributed by atoms with Gasteiger partial charge in [0.25, 0.3) is 0 Å². The Morgan fingerprint density at radius 3 is 2.05 bits per heavy atom. The summed E-state index contributed by atoms with van der Waals surface area (Å²) < 4.78 is 0. The van der Waals surface area contributed by atoms with E-state index < -0.39 is 0 Å².